The Bertz CT molecular complexity index is 779. The average Bonchev–Trinajstić information content (AvgIpc) is 3.43. The molecule has 0 aromatic heterocycles. The Morgan fingerprint density at radius 1 is 1.10 bits per heavy atom. The number of rotatable bonds is 3. The first-order chi connectivity index (χ1) is 14.1. The van der Waals surface area contributed by atoms with Crippen LogP contribution in [0.3, 0.4) is 0 Å². The molecule has 4 aliphatic heterocycles. The Morgan fingerprint density at radius 3 is 2.66 bits per heavy atom. The van der Waals surface area contributed by atoms with Gasteiger partial charge >= 0.3 is 0 Å². The van der Waals surface area contributed by atoms with Gasteiger partial charge in [-0.15, -0.1) is 0 Å². The molecule has 0 N–H and O–H groups in total. The number of carbonyl (C=O) groups excluding carboxylic acids is 1. The lowest BCUT2D eigenvalue weighted by Crippen LogP contribution is -2.39. The van der Waals surface area contributed by atoms with E-state index in [4.69, 9.17) is 4.74 Å². The van der Waals surface area contributed by atoms with Crippen molar-refractivity contribution in [3.63, 3.8) is 0 Å². The van der Waals surface area contributed by atoms with Crippen LogP contribution < -0.4 is 9.80 Å². The molecular weight excluding hydrogens is 369 g/mol. The van der Waals surface area contributed by atoms with Crippen LogP contribution >= 0.6 is 0 Å². The highest BCUT2D eigenvalue weighted by Crippen LogP contribution is 2.43. The number of amides is 1. The molecule has 29 heavy (non-hydrogen) atoms. The lowest BCUT2D eigenvalue weighted by Gasteiger charge is -2.31. The summed E-state index contributed by atoms with van der Waals surface area (Å²) in [7, 11) is 0. The highest BCUT2D eigenvalue weighted by molar-refractivity contribution is 6.00. The van der Waals surface area contributed by atoms with Crippen molar-refractivity contribution in [3.05, 3.63) is 24.0 Å². The SMILES string of the molecule is C[C@H]1CCCN1[C@H]1CCN(c2ccc(N3CCC4(CCOCC4)C3=O)cc2F)C1. The number of anilines is 2. The molecule has 4 heterocycles. The van der Waals surface area contributed by atoms with Gasteiger partial charge in [0.2, 0.25) is 5.91 Å². The molecule has 4 saturated heterocycles. The Morgan fingerprint density at radius 2 is 1.93 bits per heavy atom. The number of halogens is 1. The molecule has 5 nitrogen and oxygen atoms in total. The Balaban J connectivity index is 1.29. The van der Waals surface area contributed by atoms with Crippen molar-refractivity contribution < 1.29 is 13.9 Å². The van der Waals surface area contributed by atoms with E-state index >= 15 is 4.39 Å². The zero-order valence-corrected chi connectivity index (χ0v) is 17.4. The lowest BCUT2D eigenvalue weighted by atomic mass is 9.79. The monoisotopic (exact) mass is 401 g/mol. The predicted molar refractivity (Wildman–Crippen MR) is 112 cm³/mol. The van der Waals surface area contributed by atoms with Crippen LogP contribution in [-0.4, -0.2) is 62.3 Å². The van der Waals surface area contributed by atoms with Crippen LogP contribution in [0.2, 0.25) is 0 Å². The van der Waals surface area contributed by atoms with Crippen molar-refractivity contribution in [2.24, 2.45) is 5.41 Å². The van der Waals surface area contributed by atoms with Gasteiger partial charge in [0.1, 0.15) is 5.82 Å². The highest BCUT2D eigenvalue weighted by atomic mass is 19.1. The van der Waals surface area contributed by atoms with Gasteiger partial charge in [0.05, 0.1) is 11.1 Å². The zero-order chi connectivity index (χ0) is 20.0. The third kappa shape index (κ3) is 3.34. The summed E-state index contributed by atoms with van der Waals surface area (Å²) in [5, 5.41) is 0. The molecule has 158 valence electrons. The van der Waals surface area contributed by atoms with Gasteiger partial charge in [0, 0.05) is 50.6 Å². The van der Waals surface area contributed by atoms with Crippen molar-refractivity contribution in [2.45, 2.75) is 57.5 Å². The molecule has 4 fully saturated rings. The number of benzene rings is 1. The number of hydrogen-bond acceptors (Lipinski definition) is 4. The molecule has 0 saturated carbocycles. The summed E-state index contributed by atoms with van der Waals surface area (Å²) < 4.78 is 20.5. The summed E-state index contributed by atoms with van der Waals surface area (Å²) in [6, 6.07) is 6.55. The zero-order valence-electron chi connectivity index (χ0n) is 17.4. The Hall–Kier alpha value is -1.66. The third-order valence-electron chi connectivity index (χ3n) is 7.78. The number of likely N-dealkylation sites (tertiary alicyclic amines) is 1. The molecule has 2 atom stereocenters. The minimum absolute atomic E-state index is 0.150. The van der Waals surface area contributed by atoms with Crippen LogP contribution in [0.15, 0.2) is 18.2 Å². The molecule has 0 unspecified atom stereocenters. The maximum Gasteiger partial charge on any atom is 0.233 e. The second-order valence-corrected chi connectivity index (χ2v) is 9.35. The number of nitrogens with zero attached hydrogens (tertiary/aromatic N) is 3. The number of ether oxygens (including phenoxy) is 1. The highest BCUT2D eigenvalue weighted by Gasteiger charge is 2.47. The molecule has 0 bridgehead atoms. The van der Waals surface area contributed by atoms with E-state index in [1.165, 1.54) is 19.4 Å². The van der Waals surface area contributed by atoms with Crippen molar-refractivity contribution >= 4 is 17.3 Å². The van der Waals surface area contributed by atoms with E-state index in [0.717, 1.165) is 38.8 Å². The van der Waals surface area contributed by atoms with Crippen LogP contribution in [0.5, 0.6) is 0 Å². The molecule has 1 aromatic rings. The van der Waals surface area contributed by atoms with E-state index in [9.17, 15) is 4.79 Å². The first kappa shape index (κ1) is 19.3. The Kier molecular flexibility index (Phi) is 5.03. The van der Waals surface area contributed by atoms with E-state index in [0.29, 0.717) is 43.2 Å². The van der Waals surface area contributed by atoms with Gasteiger partial charge in [0.25, 0.3) is 0 Å². The summed E-state index contributed by atoms with van der Waals surface area (Å²) in [6.45, 7) is 7.25. The molecule has 0 aliphatic carbocycles. The van der Waals surface area contributed by atoms with Crippen LogP contribution in [-0.2, 0) is 9.53 Å². The van der Waals surface area contributed by atoms with Gasteiger partial charge in [-0.2, -0.15) is 0 Å². The predicted octanol–water partition coefficient (Wildman–Crippen LogP) is 3.42. The van der Waals surface area contributed by atoms with Crippen molar-refractivity contribution in [2.75, 3.05) is 49.2 Å². The maximum absolute atomic E-state index is 15.1. The lowest BCUT2D eigenvalue weighted by molar-refractivity contribution is -0.130. The second kappa shape index (κ2) is 7.55. The van der Waals surface area contributed by atoms with E-state index in [1.54, 1.807) is 11.0 Å². The van der Waals surface area contributed by atoms with Crippen LogP contribution in [0.1, 0.15) is 45.4 Å². The molecule has 6 heteroatoms. The molecule has 1 spiro atoms. The summed E-state index contributed by atoms with van der Waals surface area (Å²) >= 11 is 0. The molecule has 4 aliphatic rings. The third-order valence-corrected chi connectivity index (χ3v) is 7.78. The van der Waals surface area contributed by atoms with Gasteiger partial charge in [0.15, 0.2) is 0 Å². The number of hydrogen-bond donors (Lipinski definition) is 0. The summed E-state index contributed by atoms with van der Waals surface area (Å²) in [6.07, 6.45) is 6.07. The van der Waals surface area contributed by atoms with Crippen LogP contribution in [0.4, 0.5) is 15.8 Å². The van der Waals surface area contributed by atoms with E-state index in [2.05, 4.69) is 16.7 Å². The summed E-state index contributed by atoms with van der Waals surface area (Å²) in [4.78, 5) is 19.7. The quantitative estimate of drug-likeness (QED) is 0.778. The standard InChI is InChI=1S/C23H32FN3O2/c1-17-3-2-10-26(17)19-6-11-25(16-19)21-5-4-18(15-20(21)24)27-12-7-23(22(27)28)8-13-29-14-9-23/h4-5,15,17,19H,2-3,6-14,16H2,1H3/t17-,19-/m0/s1. The van der Waals surface area contributed by atoms with Gasteiger partial charge < -0.3 is 14.5 Å². The normalized spacial score (nSPS) is 30.1. The fourth-order valence-corrected chi connectivity index (χ4v) is 5.94. The van der Waals surface area contributed by atoms with Gasteiger partial charge in [-0.3, -0.25) is 9.69 Å². The van der Waals surface area contributed by atoms with Crippen molar-refractivity contribution in [3.8, 4) is 0 Å². The topological polar surface area (TPSA) is 36.0 Å². The largest absolute Gasteiger partial charge is 0.381 e. The van der Waals surface area contributed by atoms with E-state index in [-0.39, 0.29) is 17.1 Å². The molecule has 0 radical (unpaired) electrons. The Labute approximate surface area is 172 Å². The molecule has 5 rings (SSSR count). The van der Waals surface area contributed by atoms with Gasteiger partial charge in [-0.1, -0.05) is 0 Å². The summed E-state index contributed by atoms with van der Waals surface area (Å²) in [5.41, 5.74) is 1.08. The fraction of sp³-hybridized carbons (Fsp3) is 0.696. The first-order valence-electron chi connectivity index (χ1n) is 11.3. The smallest absolute Gasteiger partial charge is 0.233 e. The first-order valence-corrected chi connectivity index (χ1v) is 11.3. The van der Waals surface area contributed by atoms with E-state index < -0.39 is 0 Å². The molecular formula is C23H32FN3O2. The maximum atomic E-state index is 15.1. The molecule has 1 aromatic carbocycles. The van der Waals surface area contributed by atoms with Crippen LogP contribution in [0.25, 0.3) is 0 Å². The summed E-state index contributed by atoms with van der Waals surface area (Å²) in [5.74, 6) is -0.0597. The second-order valence-electron chi connectivity index (χ2n) is 9.35. The van der Waals surface area contributed by atoms with Gasteiger partial charge in [-0.05, 0) is 70.2 Å². The van der Waals surface area contributed by atoms with Gasteiger partial charge in [-0.25, -0.2) is 4.39 Å². The number of carbonyl (C=O) groups is 1. The van der Waals surface area contributed by atoms with E-state index in [1.807, 2.05) is 12.1 Å². The van der Waals surface area contributed by atoms with Crippen LogP contribution in [0, 0.1) is 11.2 Å². The minimum atomic E-state index is -0.290. The van der Waals surface area contributed by atoms with Crippen molar-refractivity contribution in [1.82, 2.24) is 4.90 Å². The minimum Gasteiger partial charge on any atom is -0.381 e. The average molecular weight is 402 g/mol. The fourth-order valence-electron chi connectivity index (χ4n) is 5.94. The van der Waals surface area contributed by atoms with Crippen molar-refractivity contribution in [1.29, 1.82) is 0 Å². The molecule has 1 amide bonds.